The van der Waals surface area contributed by atoms with Gasteiger partial charge in [0, 0.05) is 31.1 Å². The molecule has 1 aromatic rings. The molecule has 1 saturated carbocycles. The monoisotopic (exact) mass is 335 g/mol. The average molecular weight is 335 g/mol. The maximum absolute atomic E-state index is 13.8. The number of nitro benzene ring substituents is 1. The van der Waals surface area contributed by atoms with Crippen LogP contribution in [0.3, 0.4) is 0 Å². The van der Waals surface area contributed by atoms with Crippen LogP contribution in [0.2, 0.25) is 0 Å². The van der Waals surface area contributed by atoms with Gasteiger partial charge in [-0.1, -0.05) is 12.8 Å². The number of benzene rings is 1. The van der Waals surface area contributed by atoms with Gasteiger partial charge in [0.05, 0.1) is 16.5 Å². The fourth-order valence-electron chi connectivity index (χ4n) is 3.43. The van der Waals surface area contributed by atoms with Crippen molar-refractivity contribution in [2.24, 2.45) is 5.92 Å². The zero-order valence-corrected chi connectivity index (χ0v) is 13.0. The van der Waals surface area contributed by atoms with Crippen LogP contribution in [0.4, 0.5) is 15.8 Å². The predicted octanol–water partition coefficient (Wildman–Crippen LogP) is 2.46. The molecule has 1 atom stereocenters. The second kappa shape index (κ2) is 6.54. The Balaban J connectivity index is 1.68. The molecule has 2 amide bonds. The van der Waals surface area contributed by atoms with Crippen molar-refractivity contribution in [2.75, 3.05) is 11.9 Å². The lowest BCUT2D eigenvalue weighted by molar-refractivity contribution is -0.384. The number of amides is 2. The highest BCUT2D eigenvalue weighted by molar-refractivity contribution is 5.97. The molecule has 2 fully saturated rings. The lowest BCUT2D eigenvalue weighted by Gasteiger charge is -2.23. The summed E-state index contributed by atoms with van der Waals surface area (Å²) in [5, 5.41) is 13.1. The topological polar surface area (TPSA) is 92.5 Å². The number of likely N-dealkylation sites (tertiary alicyclic amines) is 1. The zero-order chi connectivity index (χ0) is 17.3. The molecule has 0 spiro atoms. The van der Waals surface area contributed by atoms with Gasteiger partial charge in [0.2, 0.25) is 11.8 Å². The molecule has 1 aromatic carbocycles. The fraction of sp³-hybridized carbons (Fsp3) is 0.500. The quantitative estimate of drug-likeness (QED) is 0.676. The van der Waals surface area contributed by atoms with E-state index >= 15 is 0 Å². The van der Waals surface area contributed by atoms with Gasteiger partial charge >= 0.3 is 0 Å². The molecule has 1 saturated heterocycles. The molecule has 3 rings (SSSR count). The van der Waals surface area contributed by atoms with Gasteiger partial charge in [-0.25, -0.2) is 4.39 Å². The van der Waals surface area contributed by atoms with Crippen molar-refractivity contribution >= 4 is 23.2 Å². The Morgan fingerprint density at radius 1 is 1.33 bits per heavy atom. The highest BCUT2D eigenvalue weighted by Gasteiger charge is 2.38. The number of anilines is 1. The van der Waals surface area contributed by atoms with E-state index in [1.54, 1.807) is 4.90 Å². The van der Waals surface area contributed by atoms with Gasteiger partial charge in [0.25, 0.3) is 5.69 Å². The van der Waals surface area contributed by atoms with E-state index < -0.39 is 22.6 Å². The molecule has 128 valence electrons. The van der Waals surface area contributed by atoms with Crippen molar-refractivity contribution in [1.82, 2.24) is 4.90 Å². The smallest absolute Gasteiger partial charge is 0.271 e. The molecule has 1 heterocycles. The second-order valence-corrected chi connectivity index (χ2v) is 6.30. The fourth-order valence-corrected chi connectivity index (χ4v) is 3.43. The molecule has 2 aliphatic rings. The van der Waals surface area contributed by atoms with Gasteiger partial charge < -0.3 is 10.2 Å². The molecular weight excluding hydrogens is 317 g/mol. The molecule has 0 radical (unpaired) electrons. The maximum atomic E-state index is 13.8. The van der Waals surface area contributed by atoms with Crippen LogP contribution in [0.15, 0.2) is 18.2 Å². The number of non-ortho nitro benzene ring substituents is 1. The van der Waals surface area contributed by atoms with Crippen LogP contribution in [-0.2, 0) is 9.59 Å². The summed E-state index contributed by atoms with van der Waals surface area (Å²) in [6.07, 6.45) is 4.19. The molecule has 0 unspecified atom stereocenters. The summed E-state index contributed by atoms with van der Waals surface area (Å²) in [7, 11) is 0. The molecule has 0 aromatic heterocycles. The number of carbonyl (C=O) groups excluding carboxylic acids is 2. The molecule has 1 aliphatic heterocycles. The van der Waals surface area contributed by atoms with Gasteiger partial charge in [0.15, 0.2) is 0 Å². The van der Waals surface area contributed by atoms with E-state index in [4.69, 9.17) is 0 Å². The van der Waals surface area contributed by atoms with Gasteiger partial charge in [0.1, 0.15) is 5.82 Å². The number of halogens is 1. The van der Waals surface area contributed by atoms with Crippen LogP contribution in [0.1, 0.15) is 32.1 Å². The second-order valence-electron chi connectivity index (χ2n) is 6.30. The summed E-state index contributed by atoms with van der Waals surface area (Å²) in [4.78, 5) is 36.3. The molecular formula is C16H18FN3O4. The summed E-state index contributed by atoms with van der Waals surface area (Å²) in [5.74, 6) is -1.84. The molecule has 1 N–H and O–H groups in total. The Labute approximate surface area is 138 Å². The summed E-state index contributed by atoms with van der Waals surface area (Å²) >= 11 is 0. The van der Waals surface area contributed by atoms with Crippen LogP contribution >= 0.6 is 0 Å². The Morgan fingerprint density at radius 3 is 2.71 bits per heavy atom. The molecule has 1 aliphatic carbocycles. The molecule has 7 nitrogen and oxygen atoms in total. The first-order valence-electron chi connectivity index (χ1n) is 8.00. The van der Waals surface area contributed by atoms with Crippen molar-refractivity contribution in [2.45, 2.75) is 38.1 Å². The highest BCUT2D eigenvalue weighted by Crippen LogP contribution is 2.30. The van der Waals surface area contributed by atoms with E-state index in [1.807, 2.05) is 0 Å². The van der Waals surface area contributed by atoms with E-state index in [9.17, 15) is 24.1 Å². The van der Waals surface area contributed by atoms with Gasteiger partial charge in [-0.05, 0) is 18.9 Å². The predicted molar refractivity (Wildman–Crippen MR) is 83.8 cm³/mol. The molecule has 0 bridgehead atoms. The van der Waals surface area contributed by atoms with Crippen LogP contribution in [0, 0.1) is 21.8 Å². The summed E-state index contributed by atoms with van der Waals surface area (Å²) in [5.41, 5.74) is -0.539. The number of hydrogen-bond acceptors (Lipinski definition) is 4. The number of nitro groups is 1. The third-order valence-corrected chi connectivity index (χ3v) is 4.71. The third kappa shape index (κ3) is 3.22. The van der Waals surface area contributed by atoms with Gasteiger partial charge in [-0.15, -0.1) is 0 Å². The Hall–Kier alpha value is -2.51. The zero-order valence-electron chi connectivity index (χ0n) is 13.0. The molecule has 24 heavy (non-hydrogen) atoms. The minimum Gasteiger partial charge on any atom is -0.339 e. The average Bonchev–Trinajstić information content (AvgIpc) is 3.18. The Morgan fingerprint density at radius 2 is 2.04 bits per heavy atom. The number of rotatable bonds is 4. The van der Waals surface area contributed by atoms with Crippen LogP contribution < -0.4 is 5.32 Å². The van der Waals surface area contributed by atoms with Crippen LogP contribution in [-0.4, -0.2) is 34.2 Å². The summed E-state index contributed by atoms with van der Waals surface area (Å²) in [6, 6.07) is 3.16. The maximum Gasteiger partial charge on any atom is 0.271 e. The SMILES string of the molecule is O=C(Nc1cc([N+](=O)[O-])ccc1F)[C@H]1CC(=O)N(C2CCCC2)C1. The standard InChI is InChI=1S/C16H18FN3O4/c17-13-6-5-12(20(23)24)8-14(13)18-16(22)10-7-15(21)19(9-10)11-3-1-2-4-11/h5-6,8,10-11H,1-4,7,9H2,(H,18,22)/t10-/m0/s1. The first-order valence-corrected chi connectivity index (χ1v) is 8.00. The summed E-state index contributed by atoms with van der Waals surface area (Å²) < 4.78 is 13.8. The van der Waals surface area contributed by atoms with E-state index in [2.05, 4.69) is 5.32 Å². The third-order valence-electron chi connectivity index (χ3n) is 4.71. The van der Waals surface area contributed by atoms with Crippen molar-refractivity contribution in [3.63, 3.8) is 0 Å². The highest BCUT2D eigenvalue weighted by atomic mass is 19.1. The van der Waals surface area contributed by atoms with E-state index in [0.717, 1.165) is 43.9 Å². The van der Waals surface area contributed by atoms with Crippen molar-refractivity contribution in [3.8, 4) is 0 Å². The first-order chi connectivity index (χ1) is 11.5. The largest absolute Gasteiger partial charge is 0.339 e. The van der Waals surface area contributed by atoms with Crippen molar-refractivity contribution in [3.05, 3.63) is 34.1 Å². The lowest BCUT2D eigenvalue weighted by atomic mass is 10.1. The number of carbonyl (C=O) groups is 2. The minimum absolute atomic E-state index is 0.0541. The van der Waals surface area contributed by atoms with E-state index in [1.165, 1.54) is 0 Å². The van der Waals surface area contributed by atoms with Crippen molar-refractivity contribution in [1.29, 1.82) is 0 Å². The van der Waals surface area contributed by atoms with Crippen molar-refractivity contribution < 1.29 is 18.9 Å². The number of nitrogens with zero attached hydrogens (tertiary/aromatic N) is 2. The lowest BCUT2D eigenvalue weighted by Crippen LogP contribution is -2.35. The normalized spacial score (nSPS) is 21.3. The van der Waals surface area contributed by atoms with E-state index in [-0.39, 0.29) is 29.7 Å². The first kappa shape index (κ1) is 16.4. The number of nitrogens with one attached hydrogen (secondary N) is 1. The Kier molecular flexibility index (Phi) is 4.46. The minimum atomic E-state index is -0.745. The molecule has 8 heteroatoms. The number of hydrogen-bond donors (Lipinski definition) is 1. The van der Waals surface area contributed by atoms with Gasteiger partial charge in [-0.2, -0.15) is 0 Å². The van der Waals surface area contributed by atoms with E-state index in [0.29, 0.717) is 6.54 Å². The van der Waals surface area contributed by atoms with Crippen LogP contribution in [0.5, 0.6) is 0 Å². The van der Waals surface area contributed by atoms with Crippen LogP contribution in [0.25, 0.3) is 0 Å². The Bertz CT molecular complexity index is 688. The van der Waals surface area contributed by atoms with Gasteiger partial charge in [-0.3, -0.25) is 19.7 Å². The summed E-state index contributed by atoms with van der Waals surface area (Å²) in [6.45, 7) is 0.325.